The summed E-state index contributed by atoms with van der Waals surface area (Å²) in [6, 6.07) is -0.135. The van der Waals surface area contributed by atoms with Crippen molar-refractivity contribution in [2.24, 2.45) is 0 Å². The van der Waals surface area contributed by atoms with Crippen LogP contribution in [0.4, 0.5) is 5.69 Å². The van der Waals surface area contributed by atoms with Crippen LogP contribution in [-0.2, 0) is 4.79 Å². The summed E-state index contributed by atoms with van der Waals surface area (Å²) >= 11 is 1.60. The van der Waals surface area contributed by atoms with Crippen LogP contribution in [0.15, 0.2) is 10.8 Å². The van der Waals surface area contributed by atoms with Gasteiger partial charge in [0.2, 0.25) is 5.91 Å². The normalized spacial score (nSPS) is 12.5. The molecule has 1 heterocycles. The lowest BCUT2D eigenvalue weighted by Crippen LogP contribution is -2.38. The number of anilines is 1. The summed E-state index contributed by atoms with van der Waals surface area (Å²) in [5.41, 5.74) is 2.05. The molecule has 0 aliphatic heterocycles. The molecule has 4 heteroatoms. The minimum absolute atomic E-state index is 0.0324. The highest BCUT2D eigenvalue weighted by Gasteiger charge is 2.12. The molecule has 1 atom stereocenters. The van der Waals surface area contributed by atoms with Crippen molar-refractivity contribution in [2.45, 2.75) is 33.2 Å². The lowest BCUT2D eigenvalue weighted by Gasteiger charge is -2.13. The molecule has 1 aromatic heterocycles. The van der Waals surface area contributed by atoms with Crippen LogP contribution in [0, 0.1) is 6.92 Å². The van der Waals surface area contributed by atoms with Crippen molar-refractivity contribution in [1.82, 2.24) is 5.32 Å². The summed E-state index contributed by atoms with van der Waals surface area (Å²) in [7, 11) is 0. The number of hydrogen-bond acceptors (Lipinski definition) is 3. The van der Waals surface area contributed by atoms with E-state index in [0.29, 0.717) is 0 Å². The van der Waals surface area contributed by atoms with Crippen molar-refractivity contribution in [2.75, 3.05) is 11.9 Å². The molecule has 0 saturated carbocycles. The third kappa shape index (κ3) is 3.64. The fourth-order valence-electron chi connectivity index (χ4n) is 1.18. The van der Waals surface area contributed by atoms with Crippen molar-refractivity contribution >= 4 is 22.9 Å². The number of thiophene rings is 1. The predicted octanol–water partition coefficient (Wildman–Crippen LogP) is 2.38. The Kier molecular flexibility index (Phi) is 4.78. The van der Waals surface area contributed by atoms with Gasteiger partial charge in [0.15, 0.2) is 0 Å². The molecule has 84 valence electrons. The Morgan fingerprint density at radius 3 is 2.80 bits per heavy atom. The first-order valence-electron chi connectivity index (χ1n) is 5.22. The second-order valence-electron chi connectivity index (χ2n) is 3.63. The molecule has 0 saturated heterocycles. The van der Waals surface area contributed by atoms with E-state index in [1.54, 1.807) is 11.3 Å². The Labute approximate surface area is 94.9 Å². The Bertz CT molecular complexity index is 322. The molecule has 0 fully saturated rings. The third-order valence-corrected chi connectivity index (χ3v) is 3.07. The van der Waals surface area contributed by atoms with Crippen LogP contribution in [0.2, 0.25) is 0 Å². The number of amides is 1. The van der Waals surface area contributed by atoms with Crippen LogP contribution < -0.4 is 10.6 Å². The molecule has 0 bridgehead atoms. The van der Waals surface area contributed by atoms with Gasteiger partial charge in [-0.05, 0) is 37.8 Å². The van der Waals surface area contributed by atoms with Crippen molar-refractivity contribution < 1.29 is 4.79 Å². The van der Waals surface area contributed by atoms with E-state index in [9.17, 15) is 4.79 Å². The predicted molar refractivity (Wildman–Crippen MR) is 65.4 cm³/mol. The van der Waals surface area contributed by atoms with Gasteiger partial charge >= 0.3 is 0 Å². The summed E-state index contributed by atoms with van der Waals surface area (Å²) in [6.07, 6.45) is 1.04. The molecule has 2 N–H and O–H groups in total. The molecule has 1 aromatic rings. The highest BCUT2D eigenvalue weighted by atomic mass is 32.1. The summed E-state index contributed by atoms with van der Waals surface area (Å²) in [5, 5.41) is 10.0. The van der Waals surface area contributed by atoms with E-state index >= 15 is 0 Å². The highest BCUT2D eigenvalue weighted by Crippen LogP contribution is 2.19. The molecule has 0 aliphatic carbocycles. The molecule has 0 radical (unpaired) electrons. The first-order valence-corrected chi connectivity index (χ1v) is 6.16. The van der Waals surface area contributed by atoms with E-state index in [1.165, 1.54) is 0 Å². The number of carbonyl (C=O) groups is 1. The summed E-state index contributed by atoms with van der Waals surface area (Å²) in [6.45, 7) is 6.83. The molecule has 1 rings (SSSR count). The van der Waals surface area contributed by atoms with Crippen molar-refractivity contribution in [1.29, 1.82) is 0 Å². The Morgan fingerprint density at radius 1 is 1.53 bits per heavy atom. The minimum atomic E-state index is -0.135. The molecule has 0 aromatic carbocycles. The van der Waals surface area contributed by atoms with Crippen LogP contribution >= 0.6 is 11.3 Å². The Hall–Kier alpha value is -0.870. The lowest BCUT2D eigenvalue weighted by molar-refractivity contribution is -0.117. The standard InChI is InChI=1S/C11H18N2OS/c1-4-5-12-9(3)11(14)13-10-7-15-6-8(10)2/h6-7,9,12H,4-5H2,1-3H3,(H,13,14)/t9-/m1/s1. The van der Waals surface area contributed by atoms with Gasteiger partial charge in [-0.25, -0.2) is 0 Å². The summed E-state index contributed by atoms with van der Waals surface area (Å²) in [4.78, 5) is 11.7. The largest absolute Gasteiger partial charge is 0.324 e. The van der Waals surface area contributed by atoms with Gasteiger partial charge in [-0.3, -0.25) is 4.79 Å². The van der Waals surface area contributed by atoms with Crippen LogP contribution in [0.3, 0.4) is 0 Å². The first kappa shape index (κ1) is 12.2. The fourth-order valence-corrected chi connectivity index (χ4v) is 1.96. The van der Waals surface area contributed by atoms with E-state index in [-0.39, 0.29) is 11.9 Å². The van der Waals surface area contributed by atoms with Crippen molar-refractivity contribution in [3.05, 3.63) is 16.3 Å². The summed E-state index contributed by atoms with van der Waals surface area (Å²) in [5.74, 6) is 0.0324. The SMILES string of the molecule is CCCN[C@H](C)C(=O)Nc1cscc1C. The zero-order chi connectivity index (χ0) is 11.3. The number of aryl methyl sites for hydroxylation is 1. The van der Waals surface area contributed by atoms with Gasteiger partial charge in [-0.1, -0.05) is 6.92 Å². The van der Waals surface area contributed by atoms with Gasteiger partial charge in [0.25, 0.3) is 0 Å². The van der Waals surface area contributed by atoms with E-state index in [0.717, 1.165) is 24.2 Å². The van der Waals surface area contributed by atoms with Crippen molar-refractivity contribution in [3.63, 3.8) is 0 Å². The Balaban J connectivity index is 2.45. The maximum Gasteiger partial charge on any atom is 0.241 e. The van der Waals surface area contributed by atoms with Gasteiger partial charge in [0.05, 0.1) is 11.7 Å². The molecular weight excluding hydrogens is 208 g/mol. The maximum atomic E-state index is 11.7. The van der Waals surface area contributed by atoms with Gasteiger partial charge in [0, 0.05) is 5.38 Å². The van der Waals surface area contributed by atoms with E-state index in [1.807, 2.05) is 24.6 Å². The zero-order valence-electron chi connectivity index (χ0n) is 9.46. The average molecular weight is 226 g/mol. The van der Waals surface area contributed by atoms with Gasteiger partial charge in [-0.2, -0.15) is 0 Å². The van der Waals surface area contributed by atoms with E-state index < -0.39 is 0 Å². The highest BCUT2D eigenvalue weighted by molar-refractivity contribution is 7.08. The van der Waals surface area contributed by atoms with Crippen molar-refractivity contribution in [3.8, 4) is 0 Å². The Morgan fingerprint density at radius 2 is 2.27 bits per heavy atom. The minimum Gasteiger partial charge on any atom is -0.324 e. The van der Waals surface area contributed by atoms with Crippen LogP contribution in [0.5, 0.6) is 0 Å². The first-order chi connectivity index (χ1) is 7.15. The van der Waals surface area contributed by atoms with E-state index in [2.05, 4.69) is 17.6 Å². The van der Waals surface area contributed by atoms with Crippen LogP contribution in [0.1, 0.15) is 25.8 Å². The maximum absolute atomic E-state index is 11.7. The third-order valence-electron chi connectivity index (χ3n) is 2.21. The number of nitrogens with one attached hydrogen (secondary N) is 2. The molecule has 3 nitrogen and oxygen atoms in total. The summed E-state index contributed by atoms with van der Waals surface area (Å²) < 4.78 is 0. The fraction of sp³-hybridized carbons (Fsp3) is 0.545. The van der Waals surface area contributed by atoms with Crippen LogP contribution in [-0.4, -0.2) is 18.5 Å². The van der Waals surface area contributed by atoms with Gasteiger partial charge in [0.1, 0.15) is 0 Å². The lowest BCUT2D eigenvalue weighted by atomic mass is 10.2. The average Bonchev–Trinajstić information content (AvgIpc) is 2.61. The number of rotatable bonds is 5. The molecule has 1 amide bonds. The van der Waals surface area contributed by atoms with Gasteiger partial charge in [-0.15, -0.1) is 11.3 Å². The molecule has 0 spiro atoms. The quantitative estimate of drug-likeness (QED) is 0.809. The monoisotopic (exact) mass is 226 g/mol. The number of hydrogen-bond donors (Lipinski definition) is 2. The second kappa shape index (κ2) is 5.88. The molecule has 15 heavy (non-hydrogen) atoms. The molecule has 0 aliphatic rings. The zero-order valence-corrected chi connectivity index (χ0v) is 10.3. The van der Waals surface area contributed by atoms with E-state index in [4.69, 9.17) is 0 Å². The molecular formula is C11H18N2OS. The van der Waals surface area contributed by atoms with Crippen LogP contribution in [0.25, 0.3) is 0 Å². The second-order valence-corrected chi connectivity index (χ2v) is 4.38. The number of carbonyl (C=O) groups excluding carboxylic acids is 1. The molecule has 0 unspecified atom stereocenters. The van der Waals surface area contributed by atoms with Gasteiger partial charge < -0.3 is 10.6 Å². The smallest absolute Gasteiger partial charge is 0.241 e. The topological polar surface area (TPSA) is 41.1 Å².